The Kier molecular flexibility index (Phi) is 5.05. The number of nitrogens with zero attached hydrogens (tertiary/aromatic N) is 3. The van der Waals surface area contributed by atoms with Crippen LogP contribution in [-0.4, -0.2) is 50.9 Å². The first-order valence-corrected chi connectivity index (χ1v) is 8.01. The molecule has 1 aromatic heterocycles. The van der Waals surface area contributed by atoms with Gasteiger partial charge in [-0.25, -0.2) is 0 Å². The van der Waals surface area contributed by atoms with Crippen molar-refractivity contribution in [2.75, 3.05) is 19.8 Å². The predicted molar refractivity (Wildman–Crippen MR) is 81.7 cm³/mol. The maximum atomic E-state index is 11.4. The van der Waals surface area contributed by atoms with Gasteiger partial charge >= 0.3 is 5.97 Å². The third-order valence-electron chi connectivity index (χ3n) is 4.12. The lowest BCUT2D eigenvalue weighted by Crippen LogP contribution is -2.45. The molecule has 116 valence electrons. The zero-order chi connectivity index (χ0) is 15.5. The van der Waals surface area contributed by atoms with Crippen LogP contribution in [0, 0.1) is 0 Å². The molecule has 0 radical (unpaired) electrons. The number of carboxylic acids is 1. The molecular formula is C14H21N3O3S. The summed E-state index contributed by atoms with van der Waals surface area (Å²) in [5.74, 6) is -1.00. The second-order valence-corrected chi connectivity index (χ2v) is 6.63. The average Bonchev–Trinajstić information content (AvgIpc) is 2.89. The van der Waals surface area contributed by atoms with Crippen LogP contribution in [0.3, 0.4) is 0 Å². The lowest BCUT2D eigenvalue weighted by Gasteiger charge is -2.37. The van der Waals surface area contributed by atoms with Crippen LogP contribution in [0.2, 0.25) is 0 Å². The van der Waals surface area contributed by atoms with Crippen molar-refractivity contribution < 1.29 is 9.90 Å². The molecule has 0 atom stereocenters. The van der Waals surface area contributed by atoms with Gasteiger partial charge in [0.05, 0.1) is 5.75 Å². The first-order chi connectivity index (χ1) is 9.93. The summed E-state index contributed by atoms with van der Waals surface area (Å²) in [7, 11) is 4.15. The van der Waals surface area contributed by atoms with E-state index < -0.39 is 5.97 Å². The summed E-state index contributed by atoms with van der Waals surface area (Å²) in [6.07, 6.45) is 6.33. The van der Waals surface area contributed by atoms with E-state index in [2.05, 4.69) is 24.0 Å². The number of carboxylic acid groups (broad SMARTS) is 1. The summed E-state index contributed by atoms with van der Waals surface area (Å²) in [4.78, 5) is 28.4. The third kappa shape index (κ3) is 3.85. The van der Waals surface area contributed by atoms with Crippen molar-refractivity contribution in [1.82, 2.24) is 14.5 Å². The van der Waals surface area contributed by atoms with Crippen LogP contribution in [0.4, 0.5) is 0 Å². The van der Waals surface area contributed by atoms with Crippen molar-refractivity contribution >= 4 is 17.7 Å². The van der Waals surface area contributed by atoms with E-state index in [0.717, 1.165) is 31.1 Å². The van der Waals surface area contributed by atoms with Gasteiger partial charge in [-0.3, -0.25) is 9.59 Å². The monoisotopic (exact) mass is 311 g/mol. The van der Waals surface area contributed by atoms with E-state index >= 15 is 0 Å². The lowest BCUT2D eigenvalue weighted by atomic mass is 9.96. The van der Waals surface area contributed by atoms with Gasteiger partial charge in [-0.05, 0) is 26.9 Å². The summed E-state index contributed by atoms with van der Waals surface area (Å²) in [6.45, 7) is 0.731. The molecule has 1 heterocycles. The fourth-order valence-corrected chi connectivity index (χ4v) is 3.57. The van der Waals surface area contributed by atoms with Crippen molar-refractivity contribution in [1.29, 1.82) is 0 Å². The smallest absolute Gasteiger partial charge is 0.313 e. The number of likely N-dealkylation sites (N-methyl/N-ethyl adjacent to an activating group) is 1. The van der Waals surface area contributed by atoms with Gasteiger partial charge in [0.1, 0.15) is 0 Å². The second-order valence-electron chi connectivity index (χ2n) is 5.68. The van der Waals surface area contributed by atoms with E-state index in [-0.39, 0.29) is 16.9 Å². The summed E-state index contributed by atoms with van der Waals surface area (Å²) >= 11 is 1.10. The van der Waals surface area contributed by atoms with Gasteiger partial charge in [-0.15, -0.1) is 0 Å². The van der Waals surface area contributed by atoms with Gasteiger partial charge in [-0.1, -0.05) is 24.6 Å². The van der Waals surface area contributed by atoms with Crippen molar-refractivity contribution in [3.05, 3.63) is 22.6 Å². The van der Waals surface area contributed by atoms with Crippen molar-refractivity contribution in [2.45, 2.75) is 42.9 Å². The van der Waals surface area contributed by atoms with Gasteiger partial charge in [0.15, 0.2) is 5.16 Å². The van der Waals surface area contributed by atoms with E-state index in [9.17, 15) is 9.59 Å². The topological polar surface area (TPSA) is 75.4 Å². The highest BCUT2D eigenvalue weighted by Gasteiger charge is 2.36. The highest BCUT2D eigenvalue weighted by molar-refractivity contribution is 7.99. The van der Waals surface area contributed by atoms with Crippen molar-refractivity contribution in [3.8, 4) is 0 Å². The molecule has 6 nitrogen and oxygen atoms in total. The molecule has 0 aliphatic heterocycles. The average molecular weight is 311 g/mol. The van der Waals surface area contributed by atoms with Crippen molar-refractivity contribution in [3.63, 3.8) is 0 Å². The molecule has 1 fully saturated rings. The highest BCUT2D eigenvalue weighted by Crippen LogP contribution is 2.35. The van der Waals surface area contributed by atoms with E-state index in [1.807, 2.05) is 4.57 Å². The number of aromatic nitrogens is 2. The SMILES string of the molecule is CN(C)C1(Cn2ccc(=O)nc2SCC(=O)O)CCCC1. The Morgan fingerprint density at radius 1 is 1.48 bits per heavy atom. The Morgan fingerprint density at radius 2 is 2.14 bits per heavy atom. The van der Waals surface area contributed by atoms with Crippen LogP contribution < -0.4 is 5.56 Å². The second kappa shape index (κ2) is 6.62. The van der Waals surface area contributed by atoms with Gasteiger partial charge in [0.25, 0.3) is 5.56 Å². The molecule has 21 heavy (non-hydrogen) atoms. The first kappa shape index (κ1) is 16.0. The van der Waals surface area contributed by atoms with Gasteiger partial charge < -0.3 is 14.6 Å². The van der Waals surface area contributed by atoms with E-state index in [4.69, 9.17) is 5.11 Å². The molecule has 0 saturated heterocycles. The summed E-state index contributed by atoms with van der Waals surface area (Å²) < 4.78 is 1.92. The Labute approximate surface area is 128 Å². The van der Waals surface area contributed by atoms with Gasteiger partial charge in [-0.2, -0.15) is 4.98 Å². The lowest BCUT2D eigenvalue weighted by molar-refractivity contribution is -0.133. The molecule has 0 spiro atoms. The number of hydrogen-bond donors (Lipinski definition) is 1. The normalized spacial score (nSPS) is 17.3. The van der Waals surface area contributed by atoms with Crippen LogP contribution in [0.5, 0.6) is 0 Å². The van der Waals surface area contributed by atoms with Crippen LogP contribution >= 0.6 is 11.8 Å². The van der Waals surface area contributed by atoms with Crippen molar-refractivity contribution in [2.24, 2.45) is 0 Å². The maximum absolute atomic E-state index is 11.4. The summed E-state index contributed by atoms with van der Waals surface area (Å²) in [5.41, 5.74) is -0.264. The zero-order valence-electron chi connectivity index (χ0n) is 12.4. The van der Waals surface area contributed by atoms with Crippen LogP contribution in [-0.2, 0) is 11.3 Å². The quantitative estimate of drug-likeness (QED) is 0.630. The van der Waals surface area contributed by atoms with E-state index in [1.54, 1.807) is 6.20 Å². The van der Waals surface area contributed by atoms with E-state index in [0.29, 0.717) is 5.16 Å². The van der Waals surface area contributed by atoms with Gasteiger partial charge in [0.2, 0.25) is 0 Å². The minimum atomic E-state index is -0.909. The molecule has 1 saturated carbocycles. The molecule has 1 aromatic rings. The fourth-order valence-electron chi connectivity index (χ4n) is 2.87. The fraction of sp³-hybridized carbons (Fsp3) is 0.643. The minimum Gasteiger partial charge on any atom is -0.481 e. The molecule has 0 amide bonds. The molecule has 7 heteroatoms. The van der Waals surface area contributed by atoms with Crippen LogP contribution in [0.15, 0.2) is 22.2 Å². The first-order valence-electron chi connectivity index (χ1n) is 7.02. The Hall–Kier alpha value is -1.34. The summed E-state index contributed by atoms with van der Waals surface area (Å²) in [5, 5.41) is 9.30. The molecule has 1 aliphatic carbocycles. The van der Waals surface area contributed by atoms with Crippen LogP contribution in [0.1, 0.15) is 25.7 Å². The standard InChI is InChI=1S/C14H21N3O3S/c1-16(2)14(6-3-4-7-14)10-17-8-5-11(18)15-13(17)21-9-12(19)20/h5,8H,3-4,6-7,9-10H2,1-2H3,(H,19,20). The zero-order valence-corrected chi connectivity index (χ0v) is 13.2. The number of hydrogen-bond acceptors (Lipinski definition) is 5. The predicted octanol–water partition coefficient (Wildman–Crippen LogP) is 1.29. The number of aliphatic carboxylic acids is 1. The minimum absolute atomic E-state index is 0.0648. The Bertz CT molecular complexity index is 565. The summed E-state index contributed by atoms with van der Waals surface area (Å²) in [6, 6.07) is 1.43. The highest BCUT2D eigenvalue weighted by atomic mass is 32.2. The van der Waals surface area contributed by atoms with Crippen LogP contribution in [0.25, 0.3) is 0 Å². The molecular weight excluding hydrogens is 290 g/mol. The Balaban J connectivity index is 2.26. The molecule has 2 rings (SSSR count). The number of rotatable bonds is 6. The molecule has 1 N–H and O–H groups in total. The molecule has 0 unspecified atom stereocenters. The third-order valence-corrected chi connectivity index (χ3v) is 5.10. The molecule has 1 aliphatic rings. The maximum Gasteiger partial charge on any atom is 0.313 e. The number of thioether (sulfide) groups is 1. The molecule has 0 bridgehead atoms. The molecule has 0 aromatic carbocycles. The Morgan fingerprint density at radius 3 is 2.71 bits per heavy atom. The largest absolute Gasteiger partial charge is 0.481 e. The van der Waals surface area contributed by atoms with Gasteiger partial charge in [0, 0.05) is 24.3 Å². The number of carbonyl (C=O) groups is 1. The van der Waals surface area contributed by atoms with E-state index in [1.165, 1.54) is 18.9 Å².